The Morgan fingerprint density at radius 3 is 2.27 bits per heavy atom. The predicted molar refractivity (Wildman–Crippen MR) is 44.1 cm³/mol. The molecule has 3 heteroatoms. The van der Waals surface area contributed by atoms with Gasteiger partial charge in [-0.2, -0.15) is 0 Å². The molecule has 3 nitrogen and oxygen atoms in total. The lowest BCUT2D eigenvalue weighted by Crippen LogP contribution is -2.42. The highest BCUT2D eigenvalue weighted by Gasteiger charge is 2.26. The topological polar surface area (TPSA) is 49.3 Å². The zero-order chi connectivity index (χ0) is 9.07. The number of carbonyl (C=O) groups is 1. The van der Waals surface area contributed by atoms with Crippen molar-refractivity contribution in [1.29, 1.82) is 0 Å². The lowest BCUT2D eigenvalue weighted by molar-refractivity contribution is -0.131. The van der Waals surface area contributed by atoms with Gasteiger partial charge in [-0.05, 0) is 27.7 Å². The number of aliphatic hydroxyl groups excluding tert-OH is 1. The van der Waals surface area contributed by atoms with E-state index in [1.807, 2.05) is 13.8 Å². The second-order valence-electron chi connectivity index (χ2n) is 3.67. The molecule has 1 amide bonds. The summed E-state index contributed by atoms with van der Waals surface area (Å²) in [7, 11) is 0. The van der Waals surface area contributed by atoms with Gasteiger partial charge in [-0.15, -0.1) is 0 Å². The van der Waals surface area contributed by atoms with Gasteiger partial charge in [0, 0.05) is 6.04 Å². The molecule has 11 heavy (non-hydrogen) atoms. The van der Waals surface area contributed by atoms with E-state index in [9.17, 15) is 4.79 Å². The Kier molecular flexibility index (Phi) is 3.52. The summed E-state index contributed by atoms with van der Waals surface area (Å²) in [6.07, 6.45) is 0. The summed E-state index contributed by atoms with van der Waals surface area (Å²) in [5.74, 6) is -0.102. The van der Waals surface area contributed by atoms with Crippen LogP contribution in [0.1, 0.15) is 27.7 Å². The summed E-state index contributed by atoms with van der Waals surface area (Å²) in [4.78, 5) is 11.2. The van der Waals surface area contributed by atoms with Crippen molar-refractivity contribution in [2.24, 2.45) is 5.41 Å². The van der Waals surface area contributed by atoms with E-state index in [1.54, 1.807) is 13.8 Å². The van der Waals surface area contributed by atoms with Crippen molar-refractivity contribution in [3.05, 3.63) is 0 Å². The maximum atomic E-state index is 11.2. The molecular formula is C8H17NO2. The van der Waals surface area contributed by atoms with Crippen molar-refractivity contribution in [2.75, 3.05) is 6.61 Å². The Bertz CT molecular complexity index is 141. The van der Waals surface area contributed by atoms with E-state index >= 15 is 0 Å². The van der Waals surface area contributed by atoms with Crippen molar-refractivity contribution >= 4 is 5.91 Å². The molecule has 0 bridgehead atoms. The van der Waals surface area contributed by atoms with Crippen LogP contribution in [-0.2, 0) is 4.79 Å². The smallest absolute Gasteiger partial charge is 0.228 e. The van der Waals surface area contributed by atoms with Crippen LogP contribution < -0.4 is 5.32 Å². The van der Waals surface area contributed by atoms with Gasteiger partial charge in [0.15, 0.2) is 0 Å². The van der Waals surface area contributed by atoms with Crippen LogP contribution in [-0.4, -0.2) is 23.7 Å². The van der Waals surface area contributed by atoms with Crippen molar-refractivity contribution in [3.8, 4) is 0 Å². The summed E-state index contributed by atoms with van der Waals surface area (Å²) in [5, 5.41) is 11.6. The van der Waals surface area contributed by atoms with E-state index in [0.717, 1.165) is 0 Å². The second-order valence-corrected chi connectivity index (χ2v) is 3.67. The molecule has 0 aromatic heterocycles. The van der Waals surface area contributed by atoms with E-state index in [-0.39, 0.29) is 18.6 Å². The van der Waals surface area contributed by atoms with Gasteiger partial charge in [0.1, 0.15) is 0 Å². The third-order valence-electron chi connectivity index (χ3n) is 1.43. The molecule has 66 valence electrons. The molecule has 0 fully saturated rings. The quantitative estimate of drug-likeness (QED) is 0.631. The zero-order valence-electron chi connectivity index (χ0n) is 7.64. The summed E-state index contributed by atoms with van der Waals surface area (Å²) in [6.45, 7) is 7.09. The van der Waals surface area contributed by atoms with Crippen LogP contribution in [0, 0.1) is 5.41 Å². The normalized spacial score (nSPS) is 11.8. The van der Waals surface area contributed by atoms with Gasteiger partial charge in [0.25, 0.3) is 0 Å². The van der Waals surface area contributed by atoms with Gasteiger partial charge < -0.3 is 10.4 Å². The first kappa shape index (κ1) is 10.4. The van der Waals surface area contributed by atoms with E-state index < -0.39 is 5.41 Å². The number of amides is 1. The minimum Gasteiger partial charge on any atom is -0.395 e. The number of carbonyl (C=O) groups excluding carboxylic acids is 1. The number of hydrogen-bond acceptors (Lipinski definition) is 2. The molecule has 0 unspecified atom stereocenters. The van der Waals surface area contributed by atoms with Crippen molar-refractivity contribution in [2.45, 2.75) is 33.7 Å². The van der Waals surface area contributed by atoms with E-state index in [2.05, 4.69) is 5.32 Å². The Hall–Kier alpha value is -0.570. The molecule has 0 aliphatic carbocycles. The Morgan fingerprint density at radius 1 is 1.55 bits per heavy atom. The van der Waals surface area contributed by atoms with Gasteiger partial charge in [-0.25, -0.2) is 0 Å². The van der Waals surface area contributed by atoms with Crippen LogP contribution in [0.25, 0.3) is 0 Å². The summed E-state index contributed by atoms with van der Waals surface area (Å²) in [6, 6.07) is 0.133. The highest BCUT2D eigenvalue weighted by Crippen LogP contribution is 2.13. The molecular weight excluding hydrogens is 142 g/mol. The summed E-state index contributed by atoms with van der Waals surface area (Å²) >= 11 is 0. The van der Waals surface area contributed by atoms with Gasteiger partial charge in [-0.3, -0.25) is 4.79 Å². The van der Waals surface area contributed by atoms with Crippen molar-refractivity contribution < 1.29 is 9.90 Å². The third-order valence-corrected chi connectivity index (χ3v) is 1.43. The Labute approximate surface area is 67.8 Å². The SMILES string of the molecule is CC(C)NC(=O)C(C)(C)CO. The summed E-state index contributed by atoms with van der Waals surface area (Å²) < 4.78 is 0. The summed E-state index contributed by atoms with van der Waals surface area (Å²) in [5.41, 5.74) is -0.662. The van der Waals surface area contributed by atoms with Crippen LogP contribution in [0.15, 0.2) is 0 Å². The van der Waals surface area contributed by atoms with E-state index in [0.29, 0.717) is 0 Å². The number of nitrogens with one attached hydrogen (secondary N) is 1. The number of hydrogen-bond donors (Lipinski definition) is 2. The fraction of sp³-hybridized carbons (Fsp3) is 0.875. The van der Waals surface area contributed by atoms with E-state index in [1.165, 1.54) is 0 Å². The number of aliphatic hydroxyl groups is 1. The highest BCUT2D eigenvalue weighted by molar-refractivity contribution is 5.82. The van der Waals surface area contributed by atoms with Crippen LogP contribution in [0.2, 0.25) is 0 Å². The third kappa shape index (κ3) is 3.37. The fourth-order valence-electron chi connectivity index (χ4n) is 0.529. The molecule has 0 rings (SSSR count). The van der Waals surface area contributed by atoms with Gasteiger partial charge in [-0.1, -0.05) is 0 Å². The van der Waals surface area contributed by atoms with Crippen molar-refractivity contribution in [3.63, 3.8) is 0 Å². The molecule has 0 aromatic carbocycles. The maximum absolute atomic E-state index is 11.2. The molecule has 0 aromatic rings. The highest BCUT2D eigenvalue weighted by atomic mass is 16.3. The molecule has 0 radical (unpaired) electrons. The molecule has 0 aliphatic rings. The number of rotatable bonds is 3. The minimum atomic E-state index is -0.662. The maximum Gasteiger partial charge on any atom is 0.228 e. The standard InChI is InChI=1S/C8H17NO2/c1-6(2)9-7(11)8(3,4)5-10/h6,10H,5H2,1-4H3,(H,9,11). The first-order valence-corrected chi connectivity index (χ1v) is 3.82. The monoisotopic (exact) mass is 159 g/mol. The van der Waals surface area contributed by atoms with Crippen LogP contribution in [0.4, 0.5) is 0 Å². The van der Waals surface area contributed by atoms with Crippen LogP contribution >= 0.6 is 0 Å². The lowest BCUT2D eigenvalue weighted by Gasteiger charge is -2.22. The fourth-order valence-corrected chi connectivity index (χ4v) is 0.529. The first-order valence-electron chi connectivity index (χ1n) is 3.82. The van der Waals surface area contributed by atoms with Crippen molar-refractivity contribution in [1.82, 2.24) is 5.32 Å². The molecule has 0 heterocycles. The van der Waals surface area contributed by atoms with Gasteiger partial charge in [0.05, 0.1) is 12.0 Å². The molecule has 0 aliphatic heterocycles. The largest absolute Gasteiger partial charge is 0.395 e. The van der Waals surface area contributed by atoms with Gasteiger partial charge >= 0.3 is 0 Å². The predicted octanol–water partition coefficient (Wildman–Crippen LogP) is 0.529. The average molecular weight is 159 g/mol. The van der Waals surface area contributed by atoms with Crippen LogP contribution in [0.3, 0.4) is 0 Å². The van der Waals surface area contributed by atoms with E-state index in [4.69, 9.17) is 5.11 Å². The molecule has 0 saturated heterocycles. The second kappa shape index (κ2) is 3.72. The molecule has 0 saturated carbocycles. The molecule has 2 N–H and O–H groups in total. The minimum absolute atomic E-state index is 0.102. The zero-order valence-corrected chi connectivity index (χ0v) is 7.64. The first-order chi connectivity index (χ1) is 4.90. The Balaban J connectivity index is 4.02. The Morgan fingerprint density at radius 2 is 2.00 bits per heavy atom. The van der Waals surface area contributed by atoms with Crippen LogP contribution in [0.5, 0.6) is 0 Å². The molecule has 0 atom stereocenters. The average Bonchev–Trinajstić information content (AvgIpc) is 1.86. The molecule has 0 spiro atoms. The lowest BCUT2D eigenvalue weighted by atomic mass is 9.93. The van der Waals surface area contributed by atoms with Gasteiger partial charge in [0.2, 0.25) is 5.91 Å².